The van der Waals surface area contributed by atoms with Gasteiger partial charge in [-0.2, -0.15) is 0 Å². The molecule has 0 aliphatic carbocycles. The highest BCUT2D eigenvalue weighted by atomic mass is 16.7. The number of carbonyl (C=O) groups excluding carboxylic acids is 2. The van der Waals surface area contributed by atoms with E-state index in [1.54, 1.807) is 23.1 Å². The lowest BCUT2D eigenvalue weighted by Crippen LogP contribution is -2.45. The largest absolute Gasteiger partial charge is 0.493 e. The van der Waals surface area contributed by atoms with E-state index < -0.39 is 11.4 Å². The van der Waals surface area contributed by atoms with Gasteiger partial charge in [0.1, 0.15) is 17.8 Å². The SMILES string of the molecule is COc1cc(NC(=O)NCCN2C(=O)C3(COc4cc5c(cc43)OCO5)c3ccccc32)cc(OC)c1OC. The molecule has 202 valence electrons. The van der Waals surface area contributed by atoms with E-state index in [9.17, 15) is 9.59 Å². The minimum absolute atomic E-state index is 0.117. The summed E-state index contributed by atoms with van der Waals surface area (Å²) >= 11 is 0. The van der Waals surface area contributed by atoms with E-state index in [0.717, 1.165) is 16.8 Å². The van der Waals surface area contributed by atoms with E-state index in [0.29, 0.717) is 40.2 Å². The average Bonchev–Trinajstić information content (AvgIpc) is 3.63. The normalized spacial score (nSPS) is 17.9. The van der Waals surface area contributed by atoms with Crippen LogP contribution in [0.15, 0.2) is 48.5 Å². The van der Waals surface area contributed by atoms with Crippen molar-refractivity contribution in [3.05, 3.63) is 59.7 Å². The molecule has 3 heterocycles. The second-order valence-electron chi connectivity index (χ2n) is 9.16. The monoisotopic (exact) mass is 533 g/mol. The predicted octanol–water partition coefficient (Wildman–Crippen LogP) is 3.29. The fourth-order valence-corrected chi connectivity index (χ4v) is 5.40. The smallest absolute Gasteiger partial charge is 0.319 e. The number of nitrogens with one attached hydrogen (secondary N) is 2. The van der Waals surface area contributed by atoms with Crippen LogP contribution in [0, 0.1) is 0 Å². The quantitative estimate of drug-likeness (QED) is 0.475. The summed E-state index contributed by atoms with van der Waals surface area (Å²) < 4.78 is 33.1. The van der Waals surface area contributed by atoms with E-state index in [2.05, 4.69) is 10.6 Å². The predicted molar refractivity (Wildman–Crippen MR) is 141 cm³/mol. The molecule has 0 fully saturated rings. The first-order valence-corrected chi connectivity index (χ1v) is 12.3. The number of para-hydroxylation sites is 1. The van der Waals surface area contributed by atoms with Crippen LogP contribution in [-0.2, 0) is 10.2 Å². The van der Waals surface area contributed by atoms with Gasteiger partial charge in [-0.05, 0) is 17.7 Å². The molecule has 3 aliphatic rings. The molecule has 1 atom stereocenters. The molecule has 0 radical (unpaired) electrons. The van der Waals surface area contributed by atoms with Gasteiger partial charge in [-0.3, -0.25) is 4.79 Å². The standard InChI is InChI=1S/C28H27N3O8/c1-34-23-10-16(11-24(35-2)25(23)36-3)30-27(33)29-8-9-31-19-7-5-4-6-17(19)28(26(31)32)14-37-20-13-22-21(12-18(20)28)38-15-39-22/h4-7,10-13H,8-9,14-15H2,1-3H3,(H2,29,30,33). The Bertz CT molecular complexity index is 1450. The van der Waals surface area contributed by atoms with Crippen LogP contribution in [-0.4, -0.2) is 59.8 Å². The zero-order valence-electron chi connectivity index (χ0n) is 21.7. The van der Waals surface area contributed by atoms with Crippen LogP contribution >= 0.6 is 0 Å². The Hall–Kier alpha value is -4.80. The molecular weight excluding hydrogens is 506 g/mol. The van der Waals surface area contributed by atoms with E-state index >= 15 is 0 Å². The lowest BCUT2D eigenvalue weighted by atomic mass is 9.77. The van der Waals surface area contributed by atoms with Crippen LogP contribution in [0.5, 0.6) is 34.5 Å². The van der Waals surface area contributed by atoms with E-state index in [4.69, 9.17) is 28.4 Å². The number of anilines is 2. The highest BCUT2D eigenvalue weighted by Crippen LogP contribution is 2.54. The maximum Gasteiger partial charge on any atom is 0.319 e. The van der Waals surface area contributed by atoms with Crippen LogP contribution < -0.4 is 44.0 Å². The molecule has 11 nitrogen and oxygen atoms in total. The van der Waals surface area contributed by atoms with Crippen molar-refractivity contribution in [3.8, 4) is 34.5 Å². The van der Waals surface area contributed by atoms with Crippen LogP contribution in [0.3, 0.4) is 0 Å². The Balaban J connectivity index is 1.19. The number of carbonyl (C=O) groups is 2. The van der Waals surface area contributed by atoms with Gasteiger partial charge in [0.25, 0.3) is 0 Å². The van der Waals surface area contributed by atoms with Gasteiger partial charge in [-0.15, -0.1) is 0 Å². The first kappa shape index (κ1) is 24.5. The van der Waals surface area contributed by atoms with Gasteiger partial charge in [0.2, 0.25) is 18.4 Å². The number of hydrogen-bond acceptors (Lipinski definition) is 8. The van der Waals surface area contributed by atoms with Crippen molar-refractivity contribution in [1.29, 1.82) is 0 Å². The van der Waals surface area contributed by atoms with Crippen molar-refractivity contribution < 1.29 is 38.0 Å². The Labute approximate surface area is 224 Å². The van der Waals surface area contributed by atoms with Gasteiger partial charge in [0.15, 0.2) is 23.0 Å². The minimum Gasteiger partial charge on any atom is -0.493 e. The minimum atomic E-state index is -0.995. The zero-order valence-corrected chi connectivity index (χ0v) is 21.7. The summed E-state index contributed by atoms with van der Waals surface area (Å²) in [6.45, 7) is 0.778. The molecule has 3 aromatic rings. The molecule has 0 saturated carbocycles. The Kier molecular flexibility index (Phi) is 5.97. The summed E-state index contributed by atoms with van der Waals surface area (Å²) in [6.07, 6.45) is 0. The highest BCUT2D eigenvalue weighted by molar-refractivity contribution is 6.11. The first-order valence-electron chi connectivity index (χ1n) is 12.3. The molecular formula is C28H27N3O8. The van der Waals surface area contributed by atoms with Gasteiger partial charge in [-0.25, -0.2) is 4.79 Å². The molecule has 39 heavy (non-hydrogen) atoms. The Morgan fingerprint density at radius 1 is 0.923 bits per heavy atom. The Morgan fingerprint density at radius 3 is 2.36 bits per heavy atom. The lowest BCUT2D eigenvalue weighted by Gasteiger charge is -2.23. The molecule has 0 bridgehead atoms. The van der Waals surface area contributed by atoms with Gasteiger partial charge in [0.05, 0.1) is 27.0 Å². The maximum absolute atomic E-state index is 14.0. The van der Waals surface area contributed by atoms with Crippen LogP contribution in [0.2, 0.25) is 0 Å². The Morgan fingerprint density at radius 2 is 1.64 bits per heavy atom. The molecule has 3 aliphatic heterocycles. The third-order valence-corrected chi connectivity index (χ3v) is 7.19. The van der Waals surface area contributed by atoms with Gasteiger partial charge >= 0.3 is 6.03 Å². The zero-order chi connectivity index (χ0) is 27.1. The lowest BCUT2D eigenvalue weighted by molar-refractivity contribution is -0.122. The number of fused-ring (bicyclic) bond motifs is 5. The number of methoxy groups -OCH3 is 3. The summed E-state index contributed by atoms with van der Waals surface area (Å²) in [6, 6.07) is 14.1. The first-order chi connectivity index (χ1) is 19.0. The van der Waals surface area contributed by atoms with Crippen molar-refractivity contribution >= 4 is 23.3 Å². The molecule has 3 amide bonds. The average molecular weight is 534 g/mol. The number of amides is 3. The van der Waals surface area contributed by atoms with Crippen LogP contribution in [0.1, 0.15) is 11.1 Å². The number of nitrogens with zero attached hydrogens (tertiary/aromatic N) is 1. The molecule has 2 N–H and O–H groups in total. The number of hydrogen-bond donors (Lipinski definition) is 2. The summed E-state index contributed by atoms with van der Waals surface area (Å²) in [5.41, 5.74) is 1.85. The fourth-order valence-electron chi connectivity index (χ4n) is 5.40. The molecule has 11 heteroatoms. The number of benzene rings is 3. The van der Waals surface area contributed by atoms with Crippen LogP contribution in [0.4, 0.5) is 16.2 Å². The molecule has 1 unspecified atom stereocenters. The molecule has 6 rings (SSSR count). The van der Waals surface area contributed by atoms with E-state index in [1.807, 2.05) is 30.3 Å². The summed E-state index contributed by atoms with van der Waals surface area (Å²) in [7, 11) is 4.51. The topological polar surface area (TPSA) is 117 Å². The fraction of sp³-hybridized carbons (Fsp3) is 0.286. The summed E-state index contributed by atoms with van der Waals surface area (Å²) in [5, 5.41) is 5.59. The molecule has 3 aromatic carbocycles. The molecule has 0 aromatic heterocycles. The maximum atomic E-state index is 14.0. The second-order valence-corrected chi connectivity index (χ2v) is 9.16. The van der Waals surface area contributed by atoms with Crippen molar-refractivity contribution in [2.24, 2.45) is 0 Å². The summed E-state index contributed by atoms with van der Waals surface area (Å²) in [4.78, 5) is 28.4. The van der Waals surface area contributed by atoms with Gasteiger partial charge in [0, 0.05) is 42.5 Å². The van der Waals surface area contributed by atoms with Crippen molar-refractivity contribution in [1.82, 2.24) is 5.32 Å². The van der Waals surface area contributed by atoms with Gasteiger partial charge in [-0.1, -0.05) is 18.2 Å². The highest BCUT2D eigenvalue weighted by Gasteiger charge is 2.57. The van der Waals surface area contributed by atoms with Crippen molar-refractivity contribution in [2.45, 2.75) is 5.41 Å². The second kappa shape index (κ2) is 9.50. The van der Waals surface area contributed by atoms with Crippen molar-refractivity contribution in [2.75, 3.05) is 58.0 Å². The summed E-state index contributed by atoms with van der Waals surface area (Å²) in [5.74, 6) is 2.93. The number of urea groups is 1. The van der Waals surface area contributed by atoms with E-state index in [-0.39, 0.29) is 32.4 Å². The number of ether oxygens (including phenoxy) is 6. The third kappa shape index (κ3) is 3.80. The van der Waals surface area contributed by atoms with E-state index in [1.165, 1.54) is 21.3 Å². The third-order valence-electron chi connectivity index (χ3n) is 7.19. The van der Waals surface area contributed by atoms with Crippen LogP contribution in [0.25, 0.3) is 0 Å². The van der Waals surface area contributed by atoms with Gasteiger partial charge < -0.3 is 44.0 Å². The molecule has 0 saturated heterocycles. The van der Waals surface area contributed by atoms with Crippen molar-refractivity contribution in [3.63, 3.8) is 0 Å². The molecule has 1 spiro atoms. The number of rotatable bonds is 7.